The molecule has 0 aromatic carbocycles. The third-order valence-corrected chi connectivity index (χ3v) is 1.48. The highest BCUT2D eigenvalue weighted by Crippen LogP contribution is 1.86. The number of aliphatic hydroxyl groups excluding tert-OH is 1. The van der Waals surface area contributed by atoms with Gasteiger partial charge in [0, 0.05) is 14.1 Å². The van der Waals surface area contributed by atoms with Gasteiger partial charge in [0.25, 0.3) is 0 Å². The molecular weight excluding hydrogens is 184 g/mol. The van der Waals surface area contributed by atoms with Gasteiger partial charge >= 0.3 is 0 Å². The van der Waals surface area contributed by atoms with Gasteiger partial charge in [-0.3, -0.25) is 9.36 Å². The van der Waals surface area contributed by atoms with E-state index in [1.165, 1.54) is 17.3 Å². The second-order valence-electron chi connectivity index (χ2n) is 2.53. The molecule has 0 spiro atoms. The lowest BCUT2D eigenvalue weighted by atomic mass is 10.7. The van der Waals surface area contributed by atoms with Crippen molar-refractivity contribution in [1.29, 1.82) is 0 Å². The summed E-state index contributed by atoms with van der Waals surface area (Å²) in [5, 5.41) is 15.9. The van der Waals surface area contributed by atoms with Crippen LogP contribution in [0.15, 0.2) is 19.0 Å². The van der Waals surface area contributed by atoms with Gasteiger partial charge in [-0.05, 0) is 0 Å². The van der Waals surface area contributed by atoms with E-state index in [1.54, 1.807) is 18.1 Å². The number of aromatic nitrogens is 6. The van der Waals surface area contributed by atoms with Crippen molar-refractivity contribution in [3.05, 3.63) is 24.8 Å². The average molecular weight is 196 g/mol. The summed E-state index contributed by atoms with van der Waals surface area (Å²) in [5.41, 5.74) is 0. The first-order valence-electron chi connectivity index (χ1n) is 3.96. The molecule has 2 aromatic heterocycles. The van der Waals surface area contributed by atoms with Crippen molar-refractivity contribution in [1.82, 2.24) is 29.5 Å². The predicted molar refractivity (Wildman–Crippen MR) is 47.9 cm³/mol. The number of aliphatic hydroxyl groups is 1. The fourth-order valence-corrected chi connectivity index (χ4v) is 0.731. The number of nitrogens with zero attached hydrogens (tertiary/aromatic N) is 6. The van der Waals surface area contributed by atoms with Gasteiger partial charge in [0.05, 0.1) is 0 Å². The quantitative estimate of drug-likeness (QED) is 0.640. The molecule has 0 aliphatic heterocycles. The van der Waals surface area contributed by atoms with E-state index in [9.17, 15) is 0 Å². The van der Waals surface area contributed by atoms with Crippen LogP contribution in [0.5, 0.6) is 0 Å². The van der Waals surface area contributed by atoms with Crippen LogP contribution in [-0.4, -0.2) is 34.6 Å². The van der Waals surface area contributed by atoms with Gasteiger partial charge in [0.1, 0.15) is 25.6 Å². The highest BCUT2D eigenvalue weighted by Gasteiger charge is 1.93. The largest absolute Gasteiger partial charge is 0.388 e. The second-order valence-corrected chi connectivity index (χ2v) is 2.53. The van der Waals surface area contributed by atoms with Crippen LogP contribution in [0.25, 0.3) is 0 Å². The maximum absolute atomic E-state index is 8.48. The molecule has 2 rings (SSSR count). The van der Waals surface area contributed by atoms with Crippen molar-refractivity contribution >= 4 is 0 Å². The molecule has 0 radical (unpaired) electrons. The van der Waals surface area contributed by atoms with Crippen LogP contribution >= 0.6 is 0 Å². The van der Waals surface area contributed by atoms with Crippen molar-refractivity contribution in [2.75, 3.05) is 0 Å². The Morgan fingerprint density at radius 1 is 1.29 bits per heavy atom. The average Bonchev–Trinajstić information content (AvgIpc) is 2.77. The first-order valence-corrected chi connectivity index (χ1v) is 3.96. The summed E-state index contributed by atoms with van der Waals surface area (Å²) in [5.74, 6) is 0.588. The highest BCUT2D eigenvalue weighted by atomic mass is 16.3. The Balaban J connectivity index is 0.000000146. The number of hydrogen-bond acceptors (Lipinski definition) is 5. The maximum Gasteiger partial charge on any atom is 0.152 e. The Labute approximate surface area is 81.0 Å². The summed E-state index contributed by atoms with van der Waals surface area (Å²) in [6, 6.07) is 0. The van der Waals surface area contributed by atoms with Crippen LogP contribution in [-0.2, 0) is 20.7 Å². The zero-order valence-electron chi connectivity index (χ0n) is 8.07. The monoisotopic (exact) mass is 196 g/mol. The zero-order valence-corrected chi connectivity index (χ0v) is 8.07. The van der Waals surface area contributed by atoms with E-state index in [4.69, 9.17) is 5.11 Å². The third kappa shape index (κ3) is 2.94. The number of aryl methyl sites for hydroxylation is 2. The minimum atomic E-state index is -0.0451. The summed E-state index contributed by atoms with van der Waals surface area (Å²) in [6.07, 6.45) is 4.55. The molecule has 0 aliphatic rings. The summed E-state index contributed by atoms with van der Waals surface area (Å²) in [7, 11) is 3.56. The first-order chi connectivity index (χ1) is 6.74. The van der Waals surface area contributed by atoms with Crippen molar-refractivity contribution in [3.8, 4) is 0 Å². The van der Waals surface area contributed by atoms with E-state index in [-0.39, 0.29) is 6.61 Å². The molecule has 0 fully saturated rings. The van der Waals surface area contributed by atoms with Gasteiger partial charge in [0.2, 0.25) is 0 Å². The summed E-state index contributed by atoms with van der Waals surface area (Å²) < 4.78 is 3.17. The van der Waals surface area contributed by atoms with Crippen molar-refractivity contribution in [2.24, 2.45) is 14.1 Å². The minimum absolute atomic E-state index is 0.0451. The Morgan fingerprint density at radius 2 is 2.07 bits per heavy atom. The lowest BCUT2D eigenvalue weighted by Crippen LogP contribution is -1.97. The van der Waals surface area contributed by atoms with E-state index in [0.717, 1.165) is 0 Å². The van der Waals surface area contributed by atoms with E-state index < -0.39 is 0 Å². The fourth-order valence-electron chi connectivity index (χ4n) is 0.731. The van der Waals surface area contributed by atoms with Crippen LogP contribution in [0.1, 0.15) is 5.82 Å². The molecule has 1 N–H and O–H groups in total. The Bertz CT molecular complexity index is 354. The van der Waals surface area contributed by atoms with E-state index in [2.05, 4.69) is 20.2 Å². The first kappa shape index (κ1) is 10.3. The smallest absolute Gasteiger partial charge is 0.152 e. The van der Waals surface area contributed by atoms with Crippen LogP contribution < -0.4 is 0 Å². The van der Waals surface area contributed by atoms with E-state index in [0.29, 0.717) is 5.82 Å². The molecule has 2 aromatic rings. The molecule has 7 nitrogen and oxygen atoms in total. The SMILES string of the molecule is Cn1cncn1.Cn1ncnc1CO. The minimum Gasteiger partial charge on any atom is -0.388 e. The molecular formula is C7H12N6O. The summed E-state index contributed by atoms with van der Waals surface area (Å²) in [4.78, 5) is 7.41. The number of hydrogen-bond donors (Lipinski definition) is 1. The summed E-state index contributed by atoms with van der Waals surface area (Å²) >= 11 is 0. The topological polar surface area (TPSA) is 81.7 Å². The maximum atomic E-state index is 8.48. The molecule has 0 aliphatic carbocycles. The van der Waals surface area contributed by atoms with Gasteiger partial charge in [-0.25, -0.2) is 9.97 Å². The standard InChI is InChI=1S/C4H7N3O.C3H5N3/c1-7-4(2-8)5-3-6-7;1-6-3-4-2-5-6/h3,8H,2H2,1H3;2-3H,1H3. The second kappa shape index (κ2) is 5.07. The van der Waals surface area contributed by atoms with Gasteiger partial charge in [-0.2, -0.15) is 10.2 Å². The van der Waals surface area contributed by atoms with E-state index >= 15 is 0 Å². The molecule has 0 amide bonds. The molecule has 0 saturated carbocycles. The molecule has 14 heavy (non-hydrogen) atoms. The lowest BCUT2D eigenvalue weighted by Gasteiger charge is -1.89. The fraction of sp³-hybridized carbons (Fsp3) is 0.429. The van der Waals surface area contributed by atoms with Gasteiger partial charge < -0.3 is 5.11 Å². The molecule has 7 heteroatoms. The molecule has 0 atom stereocenters. The summed E-state index contributed by atoms with van der Waals surface area (Å²) in [6.45, 7) is -0.0451. The van der Waals surface area contributed by atoms with Crippen molar-refractivity contribution in [2.45, 2.75) is 6.61 Å². The Morgan fingerprint density at radius 3 is 2.29 bits per heavy atom. The zero-order chi connectivity index (χ0) is 10.4. The van der Waals surface area contributed by atoms with Crippen LogP contribution in [0.4, 0.5) is 0 Å². The van der Waals surface area contributed by atoms with E-state index in [1.807, 2.05) is 7.05 Å². The van der Waals surface area contributed by atoms with Crippen molar-refractivity contribution < 1.29 is 5.11 Å². The number of rotatable bonds is 1. The van der Waals surface area contributed by atoms with Crippen LogP contribution in [0.3, 0.4) is 0 Å². The van der Waals surface area contributed by atoms with Crippen LogP contribution in [0, 0.1) is 0 Å². The molecule has 0 saturated heterocycles. The normalized spacial score (nSPS) is 9.36. The molecule has 0 bridgehead atoms. The molecule has 2 heterocycles. The Hall–Kier alpha value is -1.76. The van der Waals surface area contributed by atoms with Gasteiger partial charge in [-0.15, -0.1) is 0 Å². The predicted octanol–water partition coefficient (Wildman–Crippen LogP) is -0.878. The van der Waals surface area contributed by atoms with Crippen molar-refractivity contribution in [3.63, 3.8) is 0 Å². The highest BCUT2D eigenvalue weighted by molar-refractivity contribution is 4.78. The molecule has 0 unspecified atom stereocenters. The van der Waals surface area contributed by atoms with Gasteiger partial charge in [0.15, 0.2) is 5.82 Å². The van der Waals surface area contributed by atoms with Crippen LogP contribution in [0.2, 0.25) is 0 Å². The molecule has 76 valence electrons. The lowest BCUT2D eigenvalue weighted by molar-refractivity contribution is 0.265. The third-order valence-electron chi connectivity index (χ3n) is 1.48. The van der Waals surface area contributed by atoms with Gasteiger partial charge in [-0.1, -0.05) is 0 Å². The Kier molecular flexibility index (Phi) is 3.74.